The van der Waals surface area contributed by atoms with Crippen LogP contribution in [-0.4, -0.2) is 11.1 Å². The van der Waals surface area contributed by atoms with Gasteiger partial charge in [-0.25, -0.2) is 0 Å². The topological polar surface area (TPSA) is 37.3 Å². The van der Waals surface area contributed by atoms with Gasteiger partial charge in [0.1, 0.15) is 0 Å². The third-order valence-electron chi connectivity index (χ3n) is 0. The van der Waals surface area contributed by atoms with Crippen molar-refractivity contribution in [3.8, 4) is 0 Å². The first-order valence-electron chi connectivity index (χ1n) is 1.34. The molecule has 0 rings (SSSR count). The van der Waals surface area contributed by atoms with Crippen LogP contribution in [0.25, 0.3) is 0 Å². The van der Waals surface area contributed by atoms with E-state index in [2.05, 4.69) is 13.2 Å². The number of hydrogen-bond acceptors (Lipinski definition) is 1. The summed E-state index contributed by atoms with van der Waals surface area (Å²) in [6, 6.07) is 0. The monoisotopic (exact) mass is 87.0 g/mol. The third kappa shape index (κ3) is 25.1. The van der Waals surface area contributed by atoms with Gasteiger partial charge in [-0.05, 0) is 0 Å². The molecule has 0 spiro atoms. The first-order chi connectivity index (χ1) is 2.73. The van der Waals surface area contributed by atoms with Crippen LogP contribution < -0.4 is 0 Å². The molecule has 0 aliphatic heterocycles. The highest BCUT2D eigenvalue weighted by Crippen LogP contribution is 1.42. The lowest BCUT2D eigenvalue weighted by molar-refractivity contribution is -0.134. The molecule has 0 aromatic carbocycles. The normalized spacial score (nSPS) is 4.83. The van der Waals surface area contributed by atoms with Gasteiger partial charge >= 0.3 is 0 Å². The van der Waals surface area contributed by atoms with Gasteiger partial charge in [-0.3, -0.25) is 4.79 Å². The Morgan fingerprint density at radius 1 is 1.83 bits per heavy atom. The smallest absolute Gasteiger partial charge is 0.300 e. The summed E-state index contributed by atoms with van der Waals surface area (Å²) in [6.07, 6.45) is 0. The van der Waals surface area contributed by atoms with Crippen LogP contribution in [0.4, 0.5) is 0 Å². The minimum Gasteiger partial charge on any atom is -0.481 e. The zero-order chi connectivity index (χ0) is 5.58. The maximum atomic E-state index is 9.00. The molecule has 2 heteroatoms. The lowest BCUT2D eigenvalue weighted by Crippen LogP contribution is -1.78. The van der Waals surface area contributed by atoms with E-state index in [0.29, 0.717) is 0 Å². The molecule has 35 valence electrons. The Kier molecular flexibility index (Phi) is 13.3. The molecule has 0 aromatic heterocycles. The summed E-state index contributed by atoms with van der Waals surface area (Å²) in [5.41, 5.74) is 0. The summed E-state index contributed by atoms with van der Waals surface area (Å²) in [7, 11) is 0. The SMILES string of the molecule is CC(=O)O.[CH]=C. The van der Waals surface area contributed by atoms with E-state index in [1.807, 2.05) is 0 Å². The molecule has 1 N–H and O–H groups in total. The van der Waals surface area contributed by atoms with Gasteiger partial charge < -0.3 is 5.11 Å². The van der Waals surface area contributed by atoms with E-state index in [0.717, 1.165) is 6.92 Å². The standard InChI is InChI=1S/C2H4O2.C2H3/c1-2(3)4;1-2/h1H3,(H,3,4);1H,2H2. The second kappa shape index (κ2) is 8.88. The third-order valence-corrected chi connectivity index (χ3v) is 0. The maximum Gasteiger partial charge on any atom is 0.300 e. The fourth-order valence-corrected chi connectivity index (χ4v) is 0. The van der Waals surface area contributed by atoms with Crippen LogP contribution in [0, 0.1) is 6.58 Å². The highest BCUT2D eigenvalue weighted by Gasteiger charge is 1.65. The average molecular weight is 87.1 g/mol. The number of carbonyl (C=O) groups is 1. The second-order valence-corrected chi connectivity index (χ2v) is 0.519. The van der Waals surface area contributed by atoms with Gasteiger partial charge in [-0.15, -0.1) is 0 Å². The summed E-state index contributed by atoms with van der Waals surface area (Å²) in [5.74, 6) is -0.833. The predicted molar refractivity (Wildman–Crippen MR) is 23.2 cm³/mol. The minimum atomic E-state index is -0.833. The molecule has 0 aromatic rings. The van der Waals surface area contributed by atoms with Crippen LogP contribution in [0.2, 0.25) is 0 Å². The van der Waals surface area contributed by atoms with Gasteiger partial charge in [0.05, 0.1) is 0 Å². The fourth-order valence-electron chi connectivity index (χ4n) is 0. The Hall–Kier alpha value is -0.790. The molecular formula is C4H7O2. The van der Waals surface area contributed by atoms with E-state index in [-0.39, 0.29) is 0 Å². The Morgan fingerprint density at radius 3 is 1.83 bits per heavy atom. The summed E-state index contributed by atoms with van der Waals surface area (Å²) in [5, 5.41) is 7.42. The number of hydrogen-bond donors (Lipinski definition) is 1. The van der Waals surface area contributed by atoms with Gasteiger partial charge in [-0.1, -0.05) is 13.2 Å². The highest BCUT2D eigenvalue weighted by atomic mass is 16.4. The van der Waals surface area contributed by atoms with Gasteiger partial charge in [0, 0.05) is 6.92 Å². The Bertz CT molecular complexity index is 36.8. The first-order valence-corrected chi connectivity index (χ1v) is 1.34. The molecule has 0 atom stereocenters. The van der Waals surface area contributed by atoms with Crippen molar-refractivity contribution in [2.24, 2.45) is 0 Å². The number of rotatable bonds is 0. The number of carboxylic acids is 1. The van der Waals surface area contributed by atoms with Crippen LogP contribution in [0.1, 0.15) is 6.92 Å². The van der Waals surface area contributed by atoms with Crippen LogP contribution >= 0.6 is 0 Å². The van der Waals surface area contributed by atoms with E-state index in [1.54, 1.807) is 0 Å². The fraction of sp³-hybridized carbons (Fsp3) is 0.250. The Balaban J connectivity index is 0. The molecule has 6 heavy (non-hydrogen) atoms. The number of carboxylic acid groups (broad SMARTS) is 1. The zero-order valence-corrected chi connectivity index (χ0v) is 3.64. The van der Waals surface area contributed by atoms with Gasteiger partial charge in [0.15, 0.2) is 0 Å². The first kappa shape index (κ1) is 8.96. The van der Waals surface area contributed by atoms with Gasteiger partial charge in [0.25, 0.3) is 5.97 Å². The van der Waals surface area contributed by atoms with Crippen molar-refractivity contribution >= 4 is 5.97 Å². The summed E-state index contributed by atoms with van der Waals surface area (Å²) >= 11 is 0. The van der Waals surface area contributed by atoms with Gasteiger partial charge in [0.2, 0.25) is 0 Å². The van der Waals surface area contributed by atoms with Crippen LogP contribution in [0.15, 0.2) is 6.58 Å². The van der Waals surface area contributed by atoms with Crippen molar-refractivity contribution in [2.75, 3.05) is 0 Å². The van der Waals surface area contributed by atoms with E-state index >= 15 is 0 Å². The predicted octanol–water partition coefficient (Wildman–Crippen LogP) is 0.696. The Morgan fingerprint density at radius 2 is 1.83 bits per heavy atom. The molecule has 0 fully saturated rings. The molecule has 0 heterocycles. The largest absolute Gasteiger partial charge is 0.481 e. The summed E-state index contributed by atoms with van der Waals surface area (Å²) in [4.78, 5) is 9.00. The molecule has 0 saturated carbocycles. The second-order valence-electron chi connectivity index (χ2n) is 0.519. The van der Waals surface area contributed by atoms with Crippen LogP contribution in [-0.2, 0) is 4.79 Å². The van der Waals surface area contributed by atoms with Crippen LogP contribution in [0.5, 0.6) is 0 Å². The minimum absolute atomic E-state index is 0.833. The molecule has 0 aliphatic rings. The quantitative estimate of drug-likeness (QED) is 0.472. The van der Waals surface area contributed by atoms with E-state index in [9.17, 15) is 0 Å². The summed E-state index contributed by atoms with van der Waals surface area (Å²) in [6.45, 7) is 8.08. The zero-order valence-electron chi connectivity index (χ0n) is 3.64. The van der Waals surface area contributed by atoms with Crippen LogP contribution in [0.3, 0.4) is 0 Å². The lowest BCUT2D eigenvalue weighted by Gasteiger charge is -1.59. The van der Waals surface area contributed by atoms with Crippen molar-refractivity contribution in [3.63, 3.8) is 0 Å². The highest BCUT2D eigenvalue weighted by molar-refractivity contribution is 5.62. The molecule has 1 radical (unpaired) electrons. The van der Waals surface area contributed by atoms with Crippen molar-refractivity contribution in [1.29, 1.82) is 0 Å². The van der Waals surface area contributed by atoms with Crippen molar-refractivity contribution < 1.29 is 9.90 Å². The molecular weight excluding hydrogens is 80.0 g/mol. The van der Waals surface area contributed by atoms with E-state index in [1.165, 1.54) is 0 Å². The molecule has 0 amide bonds. The summed E-state index contributed by atoms with van der Waals surface area (Å²) < 4.78 is 0. The lowest BCUT2D eigenvalue weighted by atomic mass is 10.9. The molecule has 0 aliphatic carbocycles. The van der Waals surface area contributed by atoms with Gasteiger partial charge in [-0.2, -0.15) is 0 Å². The molecule has 0 unspecified atom stereocenters. The van der Waals surface area contributed by atoms with Crippen molar-refractivity contribution in [1.82, 2.24) is 0 Å². The molecule has 0 saturated heterocycles. The maximum absolute atomic E-state index is 9.00. The van der Waals surface area contributed by atoms with E-state index in [4.69, 9.17) is 9.90 Å². The molecule has 2 nitrogen and oxygen atoms in total. The van der Waals surface area contributed by atoms with Crippen molar-refractivity contribution in [2.45, 2.75) is 6.92 Å². The average Bonchev–Trinajstić information content (AvgIpc) is 1.41. The molecule has 0 bridgehead atoms. The van der Waals surface area contributed by atoms with Crippen molar-refractivity contribution in [3.05, 3.63) is 13.2 Å². The van der Waals surface area contributed by atoms with E-state index < -0.39 is 5.97 Å². The Labute approximate surface area is 37.1 Å². The number of aliphatic carboxylic acids is 1.